The third-order valence-corrected chi connectivity index (χ3v) is 3.96. The molecule has 0 spiro atoms. The van der Waals surface area contributed by atoms with E-state index >= 15 is 0 Å². The Kier molecular flexibility index (Phi) is 6.67. The number of hydrogen-bond acceptors (Lipinski definition) is 4. The van der Waals surface area contributed by atoms with Crippen molar-refractivity contribution in [3.8, 4) is 5.75 Å². The van der Waals surface area contributed by atoms with Crippen LogP contribution in [-0.2, 0) is 16.1 Å². The van der Waals surface area contributed by atoms with Crippen LogP contribution in [0.15, 0.2) is 42.5 Å². The monoisotopic (exact) mass is 381 g/mol. The van der Waals surface area contributed by atoms with Gasteiger partial charge in [0, 0.05) is 6.54 Å². The molecule has 1 amide bonds. The zero-order valence-electron chi connectivity index (χ0n) is 13.7. The van der Waals surface area contributed by atoms with Crippen molar-refractivity contribution < 1.29 is 19.1 Å². The highest BCUT2D eigenvalue weighted by Crippen LogP contribution is 2.34. The van der Waals surface area contributed by atoms with Crippen LogP contribution in [0.4, 0.5) is 0 Å². The number of ether oxygens (including phenoxy) is 2. The summed E-state index contributed by atoms with van der Waals surface area (Å²) in [6, 6.07) is 12.2. The molecule has 7 heteroatoms. The van der Waals surface area contributed by atoms with Crippen LogP contribution in [0.3, 0.4) is 0 Å². The van der Waals surface area contributed by atoms with Crippen LogP contribution < -0.4 is 10.1 Å². The molecule has 0 aliphatic rings. The lowest BCUT2D eigenvalue weighted by molar-refractivity contribution is -0.129. The molecule has 132 valence electrons. The second-order valence-corrected chi connectivity index (χ2v) is 6.04. The molecule has 25 heavy (non-hydrogen) atoms. The number of carbonyl (C=O) groups excluding carboxylic acids is 2. The van der Waals surface area contributed by atoms with Gasteiger partial charge in [-0.05, 0) is 24.6 Å². The van der Waals surface area contributed by atoms with E-state index in [1.807, 2.05) is 30.3 Å². The summed E-state index contributed by atoms with van der Waals surface area (Å²) < 4.78 is 10.2. The van der Waals surface area contributed by atoms with Crippen molar-refractivity contribution in [1.29, 1.82) is 0 Å². The molecule has 0 aromatic heterocycles. The average Bonchev–Trinajstić information content (AvgIpc) is 2.60. The van der Waals surface area contributed by atoms with Gasteiger partial charge in [-0.15, -0.1) is 0 Å². The normalized spacial score (nSPS) is 11.5. The smallest absolute Gasteiger partial charge is 0.339 e. The van der Waals surface area contributed by atoms with E-state index in [2.05, 4.69) is 5.32 Å². The Labute approximate surface area is 155 Å². The lowest BCUT2D eigenvalue weighted by atomic mass is 10.2. The Bertz CT molecular complexity index is 742. The molecule has 2 aromatic carbocycles. The molecule has 5 nitrogen and oxygen atoms in total. The first kappa shape index (κ1) is 19.1. The zero-order chi connectivity index (χ0) is 18.4. The molecule has 2 rings (SSSR count). The Morgan fingerprint density at radius 2 is 1.72 bits per heavy atom. The third-order valence-electron chi connectivity index (χ3n) is 3.40. The number of benzene rings is 2. The standard InChI is InChI=1S/C18H17Cl2NO4/c1-11(17(22)21-10-12-6-4-3-5-7-12)25-18(23)13-8-14(19)16(24-2)15(20)9-13/h3-9,11H,10H2,1-2H3,(H,21,22)/t11-/m0/s1. The van der Waals surface area contributed by atoms with E-state index in [1.54, 1.807) is 0 Å². The van der Waals surface area contributed by atoms with Gasteiger partial charge in [0.15, 0.2) is 11.9 Å². The van der Waals surface area contributed by atoms with Crippen molar-refractivity contribution in [3.63, 3.8) is 0 Å². The van der Waals surface area contributed by atoms with Gasteiger partial charge in [-0.1, -0.05) is 53.5 Å². The van der Waals surface area contributed by atoms with Gasteiger partial charge in [0.1, 0.15) is 0 Å². The van der Waals surface area contributed by atoms with Crippen LogP contribution in [0.25, 0.3) is 0 Å². The highest BCUT2D eigenvalue weighted by Gasteiger charge is 2.20. The molecule has 0 aliphatic carbocycles. The molecule has 0 unspecified atom stereocenters. The van der Waals surface area contributed by atoms with E-state index in [9.17, 15) is 9.59 Å². The van der Waals surface area contributed by atoms with Gasteiger partial charge in [-0.2, -0.15) is 0 Å². The van der Waals surface area contributed by atoms with E-state index in [0.717, 1.165) is 5.56 Å². The maximum absolute atomic E-state index is 12.2. The number of amides is 1. The maximum atomic E-state index is 12.2. The quantitative estimate of drug-likeness (QED) is 0.771. The highest BCUT2D eigenvalue weighted by molar-refractivity contribution is 6.37. The topological polar surface area (TPSA) is 64.6 Å². The van der Waals surface area contributed by atoms with E-state index in [4.69, 9.17) is 32.7 Å². The Morgan fingerprint density at radius 1 is 1.12 bits per heavy atom. The minimum absolute atomic E-state index is 0.138. The van der Waals surface area contributed by atoms with Gasteiger partial charge in [0.2, 0.25) is 0 Å². The van der Waals surface area contributed by atoms with E-state index in [0.29, 0.717) is 6.54 Å². The van der Waals surface area contributed by atoms with Gasteiger partial charge in [-0.3, -0.25) is 4.79 Å². The predicted octanol–water partition coefficient (Wildman–Crippen LogP) is 3.86. The minimum Gasteiger partial charge on any atom is -0.494 e. The van der Waals surface area contributed by atoms with Crippen LogP contribution in [0.2, 0.25) is 10.0 Å². The summed E-state index contributed by atoms with van der Waals surface area (Å²) in [5, 5.41) is 3.08. The molecule has 0 bridgehead atoms. The summed E-state index contributed by atoms with van der Waals surface area (Å²) in [5.41, 5.74) is 1.08. The molecule has 1 N–H and O–H groups in total. The summed E-state index contributed by atoms with van der Waals surface area (Å²) in [4.78, 5) is 24.2. The second kappa shape index (κ2) is 8.74. The Balaban J connectivity index is 1.96. The van der Waals surface area contributed by atoms with Crippen LogP contribution >= 0.6 is 23.2 Å². The molecule has 0 heterocycles. The third kappa shape index (κ3) is 5.11. The van der Waals surface area contributed by atoms with Crippen LogP contribution in [0.5, 0.6) is 5.75 Å². The summed E-state index contributed by atoms with van der Waals surface area (Å²) in [6.45, 7) is 1.84. The Morgan fingerprint density at radius 3 is 2.28 bits per heavy atom. The number of halogens is 2. The average molecular weight is 382 g/mol. The fourth-order valence-electron chi connectivity index (χ4n) is 2.08. The van der Waals surface area contributed by atoms with Crippen molar-refractivity contribution in [3.05, 3.63) is 63.6 Å². The number of rotatable bonds is 6. The highest BCUT2D eigenvalue weighted by atomic mass is 35.5. The molecule has 0 saturated heterocycles. The molecule has 0 saturated carbocycles. The fraction of sp³-hybridized carbons (Fsp3) is 0.222. The van der Waals surface area contributed by atoms with E-state index < -0.39 is 18.0 Å². The predicted molar refractivity (Wildman–Crippen MR) is 96.2 cm³/mol. The van der Waals surface area contributed by atoms with Crippen molar-refractivity contribution >= 4 is 35.1 Å². The van der Waals surface area contributed by atoms with Crippen LogP contribution in [0, 0.1) is 0 Å². The largest absolute Gasteiger partial charge is 0.494 e. The summed E-state index contributed by atoms with van der Waals surface area (Å²) in [7, 11) is 1.42. The SMILES string of the molecule is COc1c(Cl)cc(C(=O)O[C@@H](C)C(=O)NCc2ccccc2)cc1Cl. The lowest BCUT2D eigenvalue weighted by Gasteiger charge is -2.14. The lowest BCUT2D eigenvalue weighted by Crippen LogP contribution is -2.35. The number of nitrogens with one attached hydrogen (secondary N) is 1. The van der Waals surface area contributed by atoms with E-state index in [1.165, 1.54) is 26.2 Å². The molecule has 0 aliphatic heterocycles. The zero-order valence-corrected chi connectivity index (χ0v) is 15.2. The summed E-state index contributed by atoms with van der Waals surface area (Å²) in [5.74, 6) is -0.828. The van der Waals surface area contributed by atoms with Gasteiger partial charge >= 0.3 is 5.97 Å². The maximum Gasteiger partial charge on any atom is 0.339 e. The first-order valence-corrected chi connectivity index (χ1v) is 8.23. The number of methoxy groups -OCH3 is 1. The minimum atomic E-state index is -0.962. The van der Waals surface area contributed by atoms with E-state index in [-0.39, 0.29) is 21.4 Å². The van der Waals surface area contributed by atoms with Gasteiger partial charge in [-0.25, -0.2) is 4.79 Å². The first-order chi connectivity index (χ1) is 11.9. The van der Waals surface area contributed by atoms with Gasteiger partial charge in [0.05, 0.1) is 22.7 Å². The molecule has 2 aromatic rings. The molecular formula is C18H17Cl2NO4. The fourth-order valence-corrected chi connectivity index (χ4v) is 2.72. The van der Waals surface area contributed by atoms with Crippen molar-refractivity contribution in [1.82, 2.24) is 5.32 Å². The van der Waals surface area contributed by atoms with Crippen molar-refractivity contribution in [2.24, 2.45) is 0 Å². The summed E-state index contributed by atoms with van der Waals surface area (Å²) >= 11 is 12.0. The Hall–Kier alpha value is -2.24. The summed E-state index contributed by atoms with van der Waals surface area (Å²) in [6.07, 6.45) is -0.962. The number of esters is 1. The van der Waals surface area contributed by atoms with Crippen LogP contribution in [-0.4, -0.2) is 25.1 Å². The van der Waals surface area contributed by atoms with Crippen molar-refractivity contribution in [2.45, 2.75) is 19.6 Å². The number of carbonyl (C=O) groups is 2. The number of hydrogen-bond donors (Lipinski definition) is 1. The molecular weight excluding hydrogens is 365 g/mol. The van der Waals surface area contributed by atoms with Gasteiger partial charge < -0.3 is 14.8 Å². The van der Waals surface area contributed by atoms with Gasteiger partial charge in [0.25, 0.3) is 5.91 Å². The molecule has 0 fully saturated rings. The first-order valence-electron chi connectivity index (χ1n) is 7.48. The molecule has 0 radical (unpaired) electrons. The molecule has 1 atom stereocenters. The second-order valence-electron chi connectivity index (χ2n) is 5.22. The van der Waals surface area contributed by atoms with Crippen LogP contribution in [0.1, 0.15) is 22.8 Å². The van der Waals surface area contributed by atoms with Crippen molar-refractivity contribution in [2.75, 3.05) is 7.11 Å².